The summed E-state index contributed by atoms with van der Waals surface area (Å²) in [5.74, 6) is 0.522. The van der Waals surface area contributed by atoms with Gasteiger partial charge in [-0.1, -0.05) is 15.9 Å². The summed E-state index contributed by atoms with van der Waals surface area (Å²) in [4.78, 5) is 12.8. The molecule has 142 valence electrons. The number of halogens is 1. The zero-order valence-electron chi connectivity index (χ0n) is 14.4. The summed E-state index contributed by atoms with van der Waals surface area (Å²) in [6.07, 6.45) is 2.43. The Balaban J connectivity index is 1.48. The highest BCUT2D eigenvalue weighted by Gasteiger charge is 2.28. The topological polar surface area (TPSA) is 84.5 Å². The molecule has 1 amide bonds. The van der Waals surface area contributed by atoms with Gasteiger partial charge in [0.1, 0.15) is 5.75 Å². The van der Waals surface area contributed by atoms with Gasteiger partial charge in [-0.2, -0.15) is 0 Å². The van der Waals surface area contributed by atoms with Crippen molar-refractivity contribution in [3.8, 4) is 5.75 Å². The van der Waals surface area contributed by atoms with Crippen LogP contribution in [0.3, 0.4) is 0 Å². The van der Waals surface area contributed by atoms with Gasteiger partial charge in [0, 0.05) is 28.1 Å². The van der Waals surface area contributed by atoms with Crippen molar-refractivity contribution in [1.29, 1.82) is 0 Å². The van der Waals surface area contributed by atoms with Gasteiger partial charge >= 0.3 is 0 Å². The van der Waals surface area contributed by atoms with E-state index in [1.54, 1.807) is 0 Å². The fraction of sp³-hybridized carbons (Fsp3) is 0.316. The minimum atomic E-state index is -3.51. The number of ether oxygens (including phenoxy) is 1. The Morgan fingerprint density at radius 2 is 1.81 bits per heavy atom. The Hall–Kier alpha value is -1.90. The van der Waals surface area contributed by atoms with Crippen molar-refractivity contribution in [2.45, 2.75) is 36.2 Å². The molecule has 1 saturated carbocycles. The molecule has 1 aliphatic carbocycles. The summed E-state index contributed by atoms with van der Waals surface area (Å²) in [6, 6.07) is 11.6. The van der Waals surface area contributed by atoms with Crippen LogP contribution in [0.5, 0.6) is 5.75 Å². The molecule has 2 aromatic carbocycles. The number of hydrogen-bond donors (Lipinski definition) is 2. The highest BCUT2D eigenvalue weighted by atomic mass is 79.9. The molecule has 2 N–H and O–H groups in total. The third-order valence-corrected chi connectivity index (χ3v) is 6.67. The third-order valence-electron chi connectivity index (χ3n) is 4.64. The van der Waals surface area contributed by atoms with Gasteiger partial charge in [0.2, 0.25) is 10.0 Å². The van der Waals surface area contributed by atoms with E-state index in [-0.39, 0.29) is 22.9 Å². The van der Waals surface area contributed by atoms with Gasteiger partial charge < -0.3 is 10.1 Å². The summed E-state index contributed by atoms with van der Waals surface area (Å²) in [5.41, 5.74) is 1.35. The molecule has 4 rings (SSSR count). The van der Waals surface area contributed by atoms with Crippen LogP contribution in [0.1, 0.15) is 41.2 Å². The maximum absolute atomic E-state index is 12.6. The zero-order valence-corrected chi connectivity index (χ0v) is 16.8. The minimum absolute atomic E-state index is 0.0471. The van der Waals surface area contributed by atoms with Gasteiger partial charge in [-0.25, -0.2) is 13.1 Å². The molecule has 0 saturated heterocycles. The van der Waals surface area contributed by atoms with Crippen LogP contribution in [-0.4, -0.2) is 27.0 Å². The standard InChI is InChI=1S/C19H19BrN2O4S/c20-13-3-8-18-16(11-13)17(9-10-26-18)21-19(23)12-1-6-15(7-2-12)27(24,25)22-14-4-5-14/h1-3,6-8,11,14,17,22H,4-5,9-10H2,(H,21,23). The maximum Gasteiger partial charge on any atom is 0.251 e. The lowest BCUT2D eigenvalue weighted by Crippen LogP contribution is -2.32. The van der Waals surface area contributed by atoms with E-state index in [2.05, 4.69) is 26.0 Å². The van der Waals surface area contributed by atoms with Crippen molar-refractivity contribution in [2.75, 3.05) is 6.61 Å². The van der Waals surface area contributed by atoms with Crippen LogP contribution in [0, 0.1) is 0 Å². The van der Waals surface area contributed by atoms with Crippen molar-refractivity contribution in [3.05, 3.63) is 58.1 Å². The zero-order chi connectivity index (χ0) is 19.0. The number of benzene rings is 2. The molecule has 0 aromatic heterocycles. The second kappa shape index (κ2) is 7.26. The Labute approximate surface area is 166 Å². The fourth-order valence-electron chi connectivity index (χ4n) is 3.03. The SMILES string of the molecule is O=C(NC1CCOc2ccc(Br)cc21)c1ccc(S(=O)(=O)NC2CC2)cc1. The molecular weight excluding hydrogens is 432 g/mol. The summed E-state index contributed by atoms with van der Waals surface area (Å²) >= 11 is 3.45. The van der Waals surface area contributed by atoms with Crippen molar-refractivity contribution in [1.82, 2.24) is 10.0 Å². The lowest BCUT2D eigenvalue weighted by atomic mass is 10.00. The first-order valence-electron chi connectivity index (χ1n) is 8.78. The quantitative estimate of drug-likeness (QED) is 0.732. The molecule has 1 fully saturated rings. The number of rotatable bonds is 5. The number of hydrogen-bond acceptors (Lipinski definition) is 4. The van der Waals surface area contributed by atoms with Crippen LogP contribution < -0.4 is 14.8 Å². The number of fused-ring (bicyclic) bond motifs is 1. The lowest BCUT2D eigenvalue weighted by Gasteiger charge is -2.27. The molecule has 2 aromatic rings. The van der Waals surface area contributed by atoms with Gasteiger partial charge in [0.15, 0.2) is 0 Å². The first kappa shape index (κ1) is 18.5. The van der Waals surface area contributed by atoms with E-state index in [1.807, 2.05) is 18.2 Å². The first-order valence-corrected chi connectivity index (χ1v) is 11.1. The van der Waals surface area contributed by atoms with Crippen LogP contribution in [0.2, 0.25) is 0 Å². The van der Waals surface area contributed by atoms with E-state index in [4.69, 9.17) is 4.74 Å². The fourth-order valence-corrected chi connectivity index (χ4v) is 4.71. The second-order valence-corrected chi connectivity index (χ2v) is 9.39. The maximum atomic E-state index is 12.6. The normalized spacial score (nSPS) is 19.1. The average Bonchev–Trinajstić information content (AvgIpc) is 3.45. The molecule has 1 unspecified atom stereocenters. The van der Waals surface area contributed by atoms with E-state index in [0.29, 0.717) is 18.6 Å². The van der Waals surface area contributed by atoms with Gasteiger partial charge in [-0.3, -0.25) is 4.79 Å². The number of nitrogens with one attached hydrogen (secondary N) is 2. The molecular formula is C19H19BrN2O4S. The van der Waals surface area contributed by atoms with Crippen molar-refractivity contribution in [3.63, 3.8) is 0 Å². The van der Waals surface area contributed by atoms with Crippen molar-refractivity contribution < 1.29 is 17.9 Å². The van der Waals surface area contributed by atoms with Crippen LogP contribution in [-0.2, 0) is 10.0 Å². The summed E-state index contributed by atoms with van der Waals surface area (Å²) < 4.78 is 33.6. The Kier molecular flexibility index (Phi) is 4.96. The highest BCUT2D eigenvalue weighted by molar-refractivity contribution is 9.10. The smallest absolute Gasteiger partial charge is 0.251 e. The third kappa shape index (κ3) is 4.17. The molecule has 1 heterocycles. The molecule has 8 heteroatoms. The molecule has 6 nitrogen and oxygen atoms in total. The largest absolute Gasteiger partial charge is 0.493 e. The monoisotopic (exact) mass is 450 g/mol. The molecule has 2 aliphatic rings. The lowest BCUT2D eigenvalue weighted by molar-refractivity contribution is 0.0924. The Bertz CT molecular complexity index is 972. The predicted molar refractivity (Wildman–Crippen MR) is 104 cm³/mol. The van der Waals surface area contributed by atoms with Gasteiger partial charge in [-0.05, 0) is 55.3 Å². The highest BCUT2D eigenvalue weighted by Crippen LogP contribution is 2.34. The summed E-state index contributed by atoms with van der Waals surface area (Å²) in [6.45, 7) is 0.531. The summed E-state index contributed by atoms with van der Waals surface area (Å²) in [7, 11) is -3.51. The van der Waals surface area contributed by atoms with Crippen LogP contribution in [0.15, 0.2) is 51.8 Å². The van der Waals surface area contributed by atoms with Gasteiger partial charge in [0.25, 0.3) is 5.91 Å². The number of carbonyl (C=O) groups is 1. The summed E-state index contributed by atoms with van der Waals surface area (Å²) in [5, 5.41) is 3.01. The van der Waals surface area contributed by atoms with Crippen molar-refractivity contribution >= 4 is 31.9 Å². The minimum Gasteiger partial charge on any atom is -0.493 e. The Morgan fingerprint density at radius 3 is 2.52 bits per heavy atom. The molecule has 1 atom stereocenters. The van der Waals surface area contributed by atoms with E-state index < -0.39 is 10.0 Å². The number of sulfonamides is 1. The van der Waals surface area contributed by atoms with Crippen LogP contribution in [0.25, 0.3) is 0 Å². The average molecular weight is 451 g/mol. The molecule has 0 spiro atoms. The Morgan fingerprint density at radius 1 is 1.07 bits per heavy atom. The number of carbonyl (C=O) groups excluding carboxylic acids is 1. The molecule has 0 radical (unpaired) electrons. The van der Waals surface area contributed by atoms with Gasteiger partial charge in [-0.15, -0.1) is 0 Å². The molecule has 1 aliphatic heterocycles. The van der Waals surface area contributed by atoms with Crippen molar-refractivity contribution in [2.24, 2.45) is 0 Å². The van der Waals surface area contributed by atoms with E-state index >= 15 is 0 Å². The van der Waals surface area contributed by atoms with E-state index in [0.717, 1.165) is 28.6 Å². The van der Waals surface area contributed by atoms with Gasteiger partial charge in [0.05, 0.1) is 17.5 Å². The first-order chi connectivity index (χ1) is 12.9. The predicted octanol–water partition coefficient (Wildman–Crippen LogP) is 3.14. The second-order valence-electron chi connectivity index (χ2n) is 6.77. The number of amides is 1. The molecule has 0 bridgehead atoms. The molecule has 27 heavy (non-hydrogen) atoms. The van der Waals surface area contributed by atoms with Crippen LogP contribution >= 0.6 is 15.9 Å². The van der Waals surface area contributed by atoms with E-state index in [1.165, 1.54) is 24.3 Å². The van der Waals surface area contributed by atoms with E-state index in [9.17, 15) is 13.2 Å². The van der Waals surface area contributed by atoms with Crippen LogP contribution in [0.4, 0.5) is 0 Å².